The van der Waals surface area contributed by atoms with Gasteiger partial charge in [0.25, 0.3) is 0 Å². The van der Waals surface area contributed by atoms with Gasteiger partial charge in [-0.05, 0) is 6.42 Å². The summed E-state index contributed by atoms with van der Waals surface area (Å²) in [5.74, 6) is -1.32. The minimum absolute atomic E-state index is 0.0210. The van der Waals surface area contributed by atoms with Crippen LogP contribution < -0.4 is 5.32 Å². The molecule has 0 bridgehead atoms. The van der Waals surface area contributed by atoms with Gasteiger partial charge in [0.2, 0.25) is 5.91 Å². The zero-order valence-electron chi connectivity index (χ0n) is 7.26. The van der Waals surface area contributed by atoms with Gasteiger partial charge in [-0.1, -0.05) is 13.5 Å². The lowest BCUT2D eigenvalue weighted by Crippen LogP contribution is -2.36. The van der Waals surface area contributed by atoms with Crippen molar-refractivity contribution in [1.82, 2.24) is 5.32 Å². The number of aliphatic carboxylic acids is 1. The van der Waals surface area contributed by atoms with Gasteiger partial charge in [0, 0.05) is 6.92 Å². The summed E-state index contributed by atoms with van der Waals surface area (Å²) in [4.78, 5) is 21.0. The van der Waals surface area contributed by atoms with Gasteiger partial charge < -0.3 is 10.4 Å². The van der Waals surface area contributed by atoms with Crippen molar-refractivity contribution in [2.75, 3.05) is 0 Å². The Hall–Kier alpha value is -1.32. The topological polar surface area (TPSA) is 66.4 Å². The first-order valence-corrected chi connectivity index (χ1v) is 3.68. The second-order valence-electron chi connectivity index (χ2n) is 2.49. The number of rotatable bonds is 4. The molecule has 0 saturated carbocycles. The third-order valence-corrected chi connectivity index (χ3v) is 1.48. The molecule has 0 aromatic rings. The number of nitrogens with one attached hydrogen (secondary N) is 1. The fourth-order valence-electron chi connectivity index (χ4n) is 0.830. The molecule has 0 aromatic carbocycles. The molecule has 2 N–H and O–H groups in total. The zero-order chi connectivity index (χ0) is 9.72. The second kappa shape index (κ2) is 4.54. The molecule has 0 aliphatic rings. The molecule has 0 aliphatic carbocycles. The molecule has 0 radical (unpaired) electrons. The lowest BCUT2D eigenvalue weighted by molar-refractivity contribution is -0.133. The lowest BCUT2D eigenvalue weighted by atomic mass is 10.1. The first-order valence-electron chi connectivity index (χ1n) is 3.68. The van der Waals surface area contributed by atoms with Crippen LogP contribution >= 0.6 is 0 Å². The van der Waals surface area contributed by atoms with Crippen molar-refractivity contribution < 1.29 is 14.7 Å². The van der Waals surface area contributed by atoms with Gasteiger partial charge in [-0.2, -0.15) is 0 Å². The van der Waals surface area contributed by atoms with Gasteiger partial charge in [-0.15, -0.1) is 0 Å². The number of hydrogen-bond acceptors (Lipinski definition) is 2. The number of carbonyl (C=O) groups is 2. The SMILES string of the molecule is C=C(C(=O)O)C(CC)NC(C)=O. The predicted molar refractivity (Wildman–Crippen MR) is 44.7 cm³/mol. The van der Waals surface area contributed by atoms with Crippen LogP contribution in [0.5, 0.6) is 0 Å². The molecule has 1 amide bonds. The van der Waals surface area contributed by atoms with Crippen LogP contribution in [0.1, 0.15) is 20.3 Å². The summed E-state index contributed by atoms with van der Waals surface area (Å²) in [7, 11) is 0. The summed E-state index contributed by atoms with van der Waals surface area (Å²) in [6.07, 6.45) is 0.532. The Bertz CT molecular complexity index is 210. The van der Waals surface area contributed by atoms with Crippen molar-refractivity contribution in [3.8, 4) is 0 Å². The first-order chi connectivity index (χ1) is 5.49. The van der Waals surface area contributed by atoms with Gasteiger partial charge in [-0.3, -0.25) is 4.79 Å². The highest BCUT2D eigenvalue weighted by Crippen LogP contribution is 2.03. The molecule has 0 heterocycles. The quantitative estimate of drug-likeness (QED) is 0.607. The van der Waals surface area contributed by atoms with E-state index in [-0.39, 0.29) is 11.5 Å². The highest BCUT2D eigenvalue weighted by atomic mass is 16.4. The average Bonchev–Trinajstić information content (AvgIpc) is 1.98. The molecule has 0 fully saturated rings. The Balaban J connectivity index is 4.24. The summed E-state index contributed by atoms with van der Waals surface area (Å²) in [5, 5.41) is 11.0. The summed E-state index contributed by atoms with van der Waals surface area (Å²) >= 11 is 0. The Morgan fingerprint density at radius 1 is 1.58 bits per heavy atom. The average molecular weight is 171 g/mol. The Labute approximate surface area is 71.3 Å². The van der Waals surface area contributed by atoms with Crippen LogP contribution in [0.4, 0.5) is 0 Å². The van der Waals surface area contributed by atoms with Crippen molar-refractivity contribution in [2.45, 2.75) is 26.3 Å². The Morgan fingerprint density at radius 3 is 2.33 bits per heavy atom. The van der Waals surface area contributed by atoms with Gasteiger partial charge in [0.05, 0.1) is 11.6 Å². The van der Waals surface area contributed by atoms with Crippen LogP contribution in [0.15, 0.2) is 12.2 Å². The molecule has 0 rings (SSSR count). The van der Waals surface area contributed by atoms with Crippen LogP contribution in [-0.2, 0) is 9.59 Å². The van der Waals surface area contributed by atoms with Gasteiger partial charge >= 0.3 is 5.97 Å². The Kier molecular flexibility index (Phi) is 4.04. The molecular weight excluding hydrogens is 158 g/mol. The molecule has 0 saturated heterocycles. The van der Waals surface area contributed by atoms with E-state index in [0.29, 0.717) is 6.42 Å². The fourth-order valence-corrected chi connectivity index (χ4v) is 0.830. The summed E-state index contributed by atoms with van der Waals surface area (Å²) in [6.45, 7) is 6.50. The smallest absolute Gasteiger partial charge is 0.333 e. The fraction of sp³-hybridized carbons (Fsp3) is 0.500. The van der Waals surface area contributed by atoms with E-state index in [2.05, 4.69) is 11.9 Å². The second-order valence-corrected chi connectivity index (χ2v) is 2.49. The van der Waals surface area contributed by atoms with E-state index in [9.17, 15) is 9.59 Å². The molecule has 4 heteroatoms. The number of hydrogen-bond donors (Lipinski definition) is 2. The third-order valence-electron chi connectivity index (χ3n) is 1.48. The van der Waals surface area contributed by atoms with Crippen molar-refractivity contribution in [2.24, 2.45) is 0 Å². The van der Waals surface area contributed by atoms with Crippen molar-refractivity contribution in [3.05, 3.63) is 12.2 Å². The molecular formula is C8H13NO3. The van der Waals surface area contributed by atoms with Crippen LogP contribution in [0.2, 0.25) is 0 Å². The molecule has 1 unspecified atom stereocenters. The molecule has 1 atom stereocenters. The molecule has 0 aromatic heterocycles. The molecule has 4 nitrogen and oxygen atoms in total. The van der Waals surface area contributed by atoms with Gasteiger partial charge in [0.1, 0.15) is 0 Å². The van der Waals surface area contributed by atoms with Gasteiger partial charge in [0.15, 0.2) is 0 Å². The number of carboxylic acid groups (broad SMARTS) is 1. The summed E-state index contributed by atoms with van der Waals surface area (Å²) < 4.78 is 0. The minimum atomic E-state index is -1.07. The lowest BCUT2D eigenvalue weighted by Gasteiger charge is -2.14. The molecule has 0 aliphatic heterocycles. The number of carbonyl (C=O) groups excluding carboxylic acids is 1. The normalized spacial score (nSPS) is 11.8. The Morgan fingerprint density at radius 2 is 2.08 bits per heavy atom. The van der Waals surface area contributed by atoms with E-state index in [0.717, 1.165) is 0 Å². The van der Waals surface area contributed by atoms with Crippen LogP contribution in [-0.4, -0.2) is 23.0 Å². The van der Waals surface area contributed by atoms with E-state index in [1.165, 1.54) is 6.92 Å². The van der Waals surface area contributed by atoms with Crippen LogP contribution in [0.25, 0.3) is 0 Å². The van der Waals surface area contributed by atoms with Crippen LogP contribution in [0, 0.1) is 0 Å². The summed E-state index contributed by atoms with van der Waals surface area (Å²) in [6, 6.07) is -0.458. The van der Waals surface area contributed by atoms with Crippen molar-refractivity contribution in [1.29, 1.82) is 0 Å². The first kappa shape index (κ1) is 10.7. The summed E-state index contributed by atoms with van der Waals surface area (Å²) in [5.41, 5.74) is 0.0210. The highest BCUT2D eigenvalue weighted by Gasteiger charge is 2.16. The van der Waals surface area contributed by atoms with Crippen molar-refractivity contribution >= 4 is 11.9 Å². The standard InChI is InChI=1S/C8H13NO3/c1-4-7(9-6(3)10)5(2)8(11)12/h7H,2,4H2,1,3H3,(H,9,10)(H,11,12). The largest absolute Gasteiger partial charge is 0.478 e. The molecule has 0 spiro atoms. The van der Waals surface area contributed by atoms with Crippen molar-refractivity contribution in [3.63, 3.8) is 0 Å². The number of carboxylic acids is 1. The maximum Gasteiger partial charge on any atom is 0.333 e. The van der Waals surface area contributed by atoms with E-state index in [1.807, 2.05) is 0 Å². The van der Waals surface area contributed by atoms with Crippen LogP contribution in [0.3, 0.4) is 0 Å². The van der Waals surface area contributed by atoms with E-state index in [4.69, 9.17) is 5.11 Å². The van der Waals surface area contributed by atoms with Gasteiger partial charge in [-0.25, -0.2) is 4.79 Å². The maximum absolute atomic E-state index is 10.6. The number of amides is 1. The highest BCUT2D eigenvalue weighted by molar-refractivity contribution is 5.88. The van der Waals surface area contributed by atoms with E-state index >= 15 is 0 Å². The predicted octanol–water partition coefficient (Wildman–Crippen LogP) is 0.542. The zero-order valence-corrected chi connectivity index (χ0v) is 7.26. The molecule has 68 valence electrons. The van der Waals surface area contributed by atoms with E-state index in [1.54, 1.807) is 6.92 Å². The maximum atomic E-state index is 10.6. The minimum Gasteiger partial charge on any atom is -0.478 e. The monoisotopic (exact) mass is 171 g/mol. The van der Waals surface area contributed by atoms with E-state index < -0.39 is 12.0 Å². The molecule has 12 heavy (non-hydrogen) atoms. The third kappa shape index (κ3) is 3.18.